The lowest BCUT2D eigenvalue weighted by molar-refractivity contribution is 0.221. The Morgan fingerprint density at radius 3 is 2.57 bits per heavy atom. The summed E-state index contributed by atoms with van der Waals surface area (Å²) in [6, 6.07) is 13.5. The van der Waals surface area contributed by atoms with Gasteiger partial charge in [-0.1, -0.05) is 48.3 Å². The van der Waals surface area contributed by atoms with E-state index in [2.05, 4.69) is 39.9 Å². The molecule has 0 atom stereocenters. The van der Waals surface area contributed by atoms with E-state index in [-0.39, 0.29) is 0 Å². The monoisotopic (exact) mass is 528 g/mol. The van der Waals surface area contributed by atoms with E-state index >= 15 is 0 Å². The van der Waals surface area contributed by atoms with Crippen LogP contribution in [0.2, 0.25) is 10.0 Å². The van der Waals surface area contributed by atoms with Crippen molar-refractivity contribution in [1.29, 1.82) is 0 Å². The Bertz CT molecular complexity index is 1330. The molecule has 0 amide bonds. The molecule has 0 saturated carbocycles. The van der Waals surface area contributed by atoms with Gasteiger partial charge in [-0.15, -0.1) is 0 Å². The second-order valence-corrected chi connectivity index (χ2v) is 9.31. The fourth-order valence-corrected chi connectivity index (χ4v) is 4.27. The first kappa shape index (κ1) is 25.0. The van der Waals surface area contributed by atoms with Crippen LogP contribution in [0.1, 0.15) is 29.4 Å². The Morgan fingerprint density at radius 1 is 1.09 bits per heavy atom. The molecule has 7 nitrogen and oxygen atoms in total. The number of anilines is 2. The van der Waals surface area contributed by atoms with Gasteiger partial charge in [-0.05, 0) is 67.9 Å². The highest BCUT2D eigenvalue weighted by Gasteiger charge is 2.14. The summed E-state index contributed by atoms with van der Waals surface area (Å²) < 4.78 is 9.38. The van der Waals surface area contributed by atoms with E-state index in [9.17, 15) is 0 Å². The molecule has 0 aliphatic carbocycles. The minimum absolute atomic E-state index is 0.297. The molecule has 10 heteroatoms. The average Bonchev–Trinajstić information content (AvgIpc) is 3.39. The van der Waals surface area contributed by atoms with Crippen LogP contribution in [-0.4, -0.2) is 24.7 Å². The van der Waals surface area contributed by atoms with E-state index in [1.807, 2.05) is 49.0 Å². The number of aromatic nitrogens is 4. The first-order valence-corrected chi connectivity index (χ1v) is 12.3. The van der Waals surface area contributed by atoms with E-state index < -0.39 is 0 Å². The third-order valence-electron chi connectivity index (χ3n) is 5.54. The van der Waals surface area contributed by atoms with Crippen LogP contribution in [0.5, 0.6) is 5.75 Å². The van der Waals surface area contributed by atoms with Crippen molar-refractivity contribution < 1.29 is 4.74 Å². The highest BCUT2D eigenvalue weighted by atomic mass is 35.5. The zero-order valence-electron chi connectivity index (χ0n) is 19.7. The fraction of sp³-hybridized carbons (Fsp3) is 0.240. The summed E-state index contributed by atoms with van der Waals surface area (Å²) in [5, 5.41) is 17.0. The number of rotatable bonds is 8. The van der Waals surface area contributed by atoms with Gasteiger partial charge in [0.05, 0.1) is 41.7 Å². The van der Waals surface area contributed by atoms with Crippen LogP contribution in [0.15, 0.2) is 54.9 Å². The van der Waals surface area contributed by atoms with Crippen molar-refractivity contribution >= 4 is 51.9 Å². The molecule has 2 aromatic carbocycles. The van der Waals surface area contributed by atoms with Crippen LogP contribution in [0.4, 0.5) is 11.4 Å². The normalized spacial score (nSPS) is 10.9. The van der Waals surface area contributed by atoms with Crippen molar-refractivity contribution in [3.63, 3.8) is 0 Å². The number of benzene rings is 2. The summed E-state index contributed by atoms with van der Waals surface area (Å²) in [6.07, 6.45) is 4.53. The minimum Gasteiger partial charge on any atom is -0.471 e. The molecule has 35 heavy (non-hydrogen) atoms. The van der Waals surface area contributed by atoms with Gasteiger partial charge in [-0.3, -0.25) is 4.68 Å². The zero-order chi connectivity index (χ0) is 24.9. The molecule has 0 radical (unpaired) electrons. The van der Waals surface area contributed by atoms with E-state index in [1.54, 1.807) is 16.9 Å². The van der Waals surface area contributed by atoms with Crippen LogP contribution >= 0.6 is 35.4 Å². The fourth-order valence-electron chi connectivity index (χ4n) is 3.58. The number of hydrogen-bond acceptors (Lipinski definition) is 4. The SMILES string of the molecule is CCc1ccc(OCn2cc(NC(=S)Nc3c(C)nn(Cc4ccc(Cl)cc4Cl)c3C)cn2)cc1. The van der Waals surface area contributed by atoms with Crippen molar-refractivity contribution in [3.8, 4) is 5.75 Å². The van der Waals surface area contributed by atoms with Gasteiger partial charge >= 0.3 is 0 Å². The van der Waals surface area contributed by atoms with E-state index in [0.29, 0.717) is 28.4 Å². The van der Waals surface area contributed by atoms with Crippen molar-refractivity contribution in [2.75, 3.05) is 10.6 Å². The van der Waals surface area contributed by atoms with Gasteiger partial charge in [0.15, 0.2) is 11.8 Å². The summed E-state index contributed by atoms with van der Waals surface area (Å²) in [7, 11) is 0. The molecule has 0 aliphatic heterocycles. The highest BCUT2D eigenvalue weighted by molar-refractivity contribution is 7.80. The molecule has 0 bridgehead atoms. The molecular formula is C25H26Cl2N6OS. The average molecular weight is 529 g/mol. The minimum atomic E-state index is 0.297. The Hall–Kier alpha value is -3.07. The van der Waals surface area contributed by atoms with Gasteiger partial charge in [0.25, 0.3) is 0 Å². The van der Waals surface area contributed by atoms with Crippen molar-refractivity contribution in [1.82, 2.24) is 19.6 Å². The second-order valence-electron chi connectivity index (χ2n) is 8.06. The number of thiocarbonyl (C=S) groups is 1. The third-order valence-corrected chi connectivity index (χ3v) is 6.33. The van der Waals surface area contributed by atoms with Crippen LogP contribution < -0.4 is 15.4 Å². The van der Waals surface area contributed by atoms with Gasteiger partial charge in [-0.2, -0.15) is 10.2 Å². The molecule has 4 aromatic rings. The summed E-state index contributed by atoms with van der Waals surface area (Å²) >= 11 is 17.9. The van der Waals surface area contributed by atoms with Gasteiger partial charge in [0, 0.05) is 10.0 Å². The quantitative estimate of drug-likeness (QED) is 0.256. The van der Waals surface area contributed by atoms with Gasteiger partial charge in [0.2, 0.25) is 0 Å². The predicted molar refractivity (Wildman–Crippen MR) is 146 cm³/mol. The van der Waals surface area contributed by atoms with Crippen LogP contribution in [0.25, 0.3) is 0 Å². The first-order chi connectivity index (χ1) is 16.8. The summed E-state index contributed by atoms with van der Waals surface area (Å²) in [4.78, 5) is 0. The molecule has 2 aromatic heterocycles. The van der Waals surface area contributed by atoms with Crippen LogP contribution in [0, 0.1) is 13.8 Å². The molecule has 2 N–H and O–H groups in total. The van der Waals surface area contributed by atoms with Gasteiger partial charge < -0.3 is 15.4 Å². The van der Waals surface area contributed by atoms with Gasteiger partial charge in [0.1, 0.15) is 5.75 Å². The van der Waals surface area contributed by atoms with E-state index in [4.69, 9.17) is 40.2 Å². The molecular weight excluding hydrogens is 503 g/mol. The number of ether oxygens (including phenoxy) is 1. The molecule has 2 heterocycles. The number of nitrogens with zero attached hydrogens (tertiary/aromatic N) is 4. The molecule has 4 rings (SSSR count). The lowest BCUT2D eigenvalue weighted by atomic mass is 10.2. The predicted octanol–water partition coefficient (Wildman–Crippen LogP) is 6.46. The number of hydrogen-bond donors (Lipinski definition) is 2. The number of halogens is 2. The Labute approximate surface area is 220 Å². The Morgan fingerprint density at radius 2 is 1.86 bits per heavy atom. The van der Waals surface area contributed by atoms with E-state index in [1.165, 1.54) is 5.56 Å². The summed E-state index contributed by atoms with van der Waals surface area (Å²) in [5.41, 5.74) is 5.58. The number of aryl methyl sites for hydroxylation is 2. The molecule has 0 fully saturated rings. The van der Waals surface area contributed by atoms with Crippen LogP contribution in [0.3, 0.4) is 0 Å². The Balaban J connectivity index is 1.35. The maximum Gasteiger partial charge on any atom is 0.180 e. The Kier molecular flexibility index (Phi) is 7.95. The summed E-state index contributed by atoms with van der Waals surface area (Å²) in [5.74, 6) is 0.798. The molecule has 0 unspecified atom stereocenters. The standard InChI is InChI=1S/C25H26Cl2N6OS/c1-4-18-5-9-22(10-6-18)34-15-32-14-21(12-28-32)29-25(35)30-24-16(2)31-33(17(24)3)13-19-7-8-20(26)11-23(19)27/h5-12,14H,4,13,15H2,1-3H3,(H2,29,30,35). The molecule has 0 aliphatic rings. The van der Waals surface area contributed by atoms with E-state index in [0.717, 1.165) is 40.5 Å². The second kappa shape index (κ2) is 11.1. The molecule has 0 saturated heterocycles. The molecule has 0 spiro atoms. The zero-order valence-corrected chi connectivity index (χ0v) is 22.0. The maximum absolute atomic E-state index is 6.34. The third kappa shape index (κ3) is 6.33. The van der Waals surface area contributed by atoms with Gasteiger partial charge in [-0.25, -0.2) is 4.68 Å². The van der Waals surface area contributed by atoms with Crippen LogP contribution in [-0.2, 0) is 19.7 Å². The lowest BCUT2D eigenvalue weighted by Crippen LogP contribution is -2.19. The first-order valence-electron chi connectivity index (χ1n) is 11.1. The maximum atomic E-state index is 6.34. The molecule has 182 valence electrons. The number of nitrogens with one attached hydrogen (secondary N) is 2. The summed E-state index contributed by atoms with van der Waals surface area (Å²) in [6.45, 7) is 6.86. The smallest absolute Gasteiger partial charge is 0.180 e. The van der Waals surface area contributed by atoms with Crippen molar-refractivity contribution in [2.24, 2.45) is 0 Å². The largest absolute Gasteiger partial charge is 0.471 e. The van der Waals surface area contributed by atoms with Crippen molar-refractivity contribution in [2.45, 2.75) is 40.5 Å². The lowest BCUT2D eigenvalue weighted by Gasteiger charge is -2.11. The van der Waals surface area contributed by atoms with Crippen molar-refractivity contribution in [3.05, 3.63) is 87.4 Å². The topological polar surface area (TPSA) is 68.9 Å². The highest BCUT2D eigenvalue weighted by Crippen LogP contribution is 2.25.